The maximum Gasteiger partial charge on any atom is 0.205 e. The minimum absolute atomic E-state index is 0.296. The first kappa shape index (κ1) is 13.2. The molecule has 0 amide bonds. The van der Waals surface area contributed by atoms with Crippen LogP contribution < -0.4 is 10.2 Å². The Balaban J connectivity index is 2.03. The molecule has 4 nitrogen and oxygen atoms in total. The largest absolute Gasteiger partial charge is 0.486 e. The van der Waals surface area contributed by atoms with Gasteiger partial charge < -0.3 is 9.47 Å². The summed E-state index contributed by atoms with van der Waals surface area (Å²) in [4.78, 5) is 3.99. The number of rotatable bonds is 0. The van der Waals surface area contributed by atoms with Gasteiger partial charge in [0.05, 0.1) is 12.3 Å². The second-order valence-electron chi connectivity index (χ2n) is 5.34. The van der Waals surface area contributed by atoms with Gasteiger partial charge in [-0.3, -0.25) is 0 Å². The number of nitrogens with zero attached hydrogens (tertiary/aromatic N) is 2. The van der Waals surface area contributed by atoms with E-state index >= 15 is 0 Å². The summed E-state index contributed by atoms with van der Waals surface area (Å²) in [6.07, 6.45) is 5.24. The van der Waals surface area contributed by atoms with E-state index in [0.717, 1.165) is 42.9 Å². The average Bonchev–Trinajstić information content (AvgIpc) is 2.66. The van der Waals surface area contributed by atoms with Gasteiger partial charge in [-0.15, -0.1) is 0 Å². The molecule has 1 saturated heterocycles. The van der Waals surface area contributed by atoms with E-state index in [1.807, 2.05) is 24.4 Å². The van der Waals surface area contributed by atoms with Crippen LogP contribution in [0.15, 0.2) is 23.2 Å². The predicted octanol–water partition coefficient (Wildman–Crippen LogP) is 1.47. The highest BCUT2D eigenvalue weighted by atomic mass is 16.5. The predicted molar refractivity (Wildman–Crippen MR) is 76.6 cm³/mol. The van der Waals surface area contributed by atoms with Crippen molar-refractivity contribution in [2.24, 2.45) is 4.99 Å². The van der Waals surface area contributed by atoms with Gasteiger partial charge >= 0.3 is 0 Å². The fourth-order valence-electron chi connectivity index (χ4n) is 2.95. The lowest BCUT2D eigenvalue weighted by Gasteiger charge is -2.38. The summed E-state index contributed by atoms with van der Waals surface area (Å²) in [7, 11) is 5.82. The summed E-state index contributed by atoms with van der Waals surface area (Å²) in [6, 6.07) is 5.50. The first-order valence-corrected chi connectivity index (χ1v) is 6.85. The number of nitriles is 1. The Bertz CT molecular complexity index is 584. The van der Waals surface area contributed by atoms with E-state index in [-0.39, 0.29) is 5.60 Å². The highest BCUT2D eigenvalue weighted by molar-refractivity contribution is 6.33. The van der Waals surface area contributed by atoms with Crippen LogP contribution in [-0.4, -0.2) is 32.4 Å². The third-order valence-electron chi connectivity index (χ3n) is 3.94. The molecule has 2 radical (unpaired) electrons. The normalized spacial score (nSPS) is 27.4. The lowest BCUT2D eigenvalue weighted by molar-refractivity contribution is 0.0454. The third-order valence-corrected chi connectivity index (χ3v) is 3.94. The Labute approximate surface area is 119 Å². The molecule has 2 aliphatic heterocycles. The van der Waals surface area contributed by atoms with Crippen LogP contribution in [0.5, 0.6) is 5.75 Å². The second-order valence-corrected chi connectivity index (χ2v) is 5.34. The van der Waals surface area contributed by atoms with Crippen molar-refractivity contribution in [3.8, 4) is 11.9 Å². The zero-order valence-electron chi connectivity index (χ0n) is 11.3. The molecule has 1 fully saturated rings. The van der Waals surface area contributed by atoms with Gasteiger partial charge in [-0.25, -0.2) is 0 Å². The Morgan fingerprint density at radius 1 is 1.30 bits per heavy atom. The monoisotopic (exact) mass is 266 g/mol. The topological polar surface area (TPSA) is 54.6 Å². The molecule has 100 valence electrons. The molecule has 2 heterocycles. The smallest absolute Gasteiger partial charge is 0.205 e. The molecule has 0 bridgehead atoms. The molecular formula is C15H15BN2O2. The van der Waals surface area contributed by atoms with Gasteiger partial charge in [-0.1, -0.05) is 17.6 Å². The summed E-state index contributed by atoms with van der Waals surface area (Å²) < 4.78 is 11.8. The van der Waals surface area contributed by atoms with E-state index in [2.05, 4.69) is 4.99 Å². The minimum atomic E-state index is -0.296. The van der Waals surface area contributed by atoms with Gasteiger partial charge in [-0.05, 0) is 18.9 Å². The molecule has 1 unspecified atom stereocenters. The highest BCUT2D eigenvalue weighted by Gasteiger charge is 2.39. The molecule has 1 aromatic carbocycles. The van der Waals surface area contributed by atoms with E-state index in [1.165, 1.54) is 0 Å². The lowest BCUT2D eigenvalue weighted by Crippen LogP contribution is -2.42. The minimum Gasteiger partial charge on any atom is -0.486 e. The summed E-state index contributed by atoms with van der Waals surface area (Å²) in [5.41, 5.74) is 1.96. The summed E-state index contributed by atoms with van der Waals surface area (Å²) in [5, 5.41) is 8.92. The fourth-order valence-corrected chi connectivity index (χ4v) is 2.95. The number of hydrogen-bond donors (Lipinski definition) is 0. The molecule has 1 spiro atoms. The van der Waals surface area contributed by atoms with Crippen molar-refractivity contribution < 1.29 is 9.47 Å². The van der Waals surface area contributed by atoms with E-state index in [4.69, 9.17) is 22.6 Å². The van der Waals surface area contributed by atoms with Crippen LogP contribution >= 0.6 is 0 Å². The van der Waals surface area contributed by atoms with Crippen molar-refractivity contribution in [2.45, 2.75) is 31.3 Å². The molecule has 0 aliphatic carbocycles. The molecule has 0 saturated carbocycles. The van der Waals surface area contributed by atoms with Crippen molar-refractivity contribution in [1.29, 1.82) is 5.26 Å². The molecule has 0 aromatic heterocycles. The van der Waals surface area contributed by atoms with Gasteiger partial charge in [0.1, 0.15) is 19.2 Å². The van der Waals surface area contributed by atoms with Crippen LogP contribution in [0.1, 0.15) is 31.2 Å². The van der Waals surface area contributed by atoms with E-state index in [9.17, 15) is 0 Å². The summed E-state index contributed by atoms with van der Waals surface area (Å²) in [6.45, 7) is 1.45. The van der Waals surface area contributed by atoms with Crippen LogP contribution in [-0.2, 0) is 4.74 Å². The van der Waals surface area contributed by atoms with Gasteiger partial charge in [0, 0.05) is 25.0 Å². The molecular weight excluding hydrogens is 251 g/mol. The molecule has 3 rings (SSSR count). The fraction of sp³-hybridized carbons (Fsp3) is 0.467. The first-order chi connectivity index (χ1) is 9.72. The zero-order chi connectivity index (χ0) is 14.0. The quantitative estimate of drug-likeness (QED) is 0.528. The highest BCUT2D eigenvalue weighted by Crippen LogP contribution is 2.38. The molecule has 5 heteroatoms. The molecule has 0 N–H and O–H groups in total. The number of benzene rings is 1. The molecule has 1 aromatic rings. The molecule has 2 aliphatic rings. The Kier molecular flexibility index (Phi) is 3.50. The SMILES string of the molecule is [B]c1ccc2c(c1)C(=NC#N)CC1(CCCOCC1)O2. The number of ether oxygens (including phenoxy) is 2. The Morgan fingerprint density at radius 2 is 2.20 bits per heavy atom. The Morgan fingerprint density at radius 3 is 3.05 bits per heavy atom. The van der Waals surface area contributed by atoms with Crippen LogP contribution in [0.4, 0.5) is 0 Å². The van der Waals surface area contributed by atoms with Gasteiger partial charge in [0.25, 0.3) is 0 Å². The number of fused-ring (bicyclic) bond motifs is 1. The average molecular weight is 266 g/mol. The van der Waals surface area contributed by atoms with Crippen molar-refractivity contribution >= 4 is 19.0 Å². The van der Waals surface area contributed by atoms with Crippen LogP contribution in [0, 0.1) is 11.5 Å². The lowest BCUT2D eigenvalue weighted by atomic mass is 9.82. The summed E-state index contributed by atoms with van der Waals surface area (Å²) in [5.74, 6) is 0.765. The van der Waals surface area contributed by atoms with Crippen LogP contribution in [0.2, 0.25) is 0 Å². The van der Waals surface area contributed by atoms with Crippen molar-refractivity contribution in [1.82, 2.24) is 0 Å². The first-order valence-electron chi connectivity index (χ1n) is 6.85. The van der Waals surface area contributed by atoms with Gasteiger partial charge in [-0.2, -0.15) is 10.3 Å². The number of aliphatic imine (C=N–C) groups is 1. The Hall–Kier alpha value is -1.80. The third kappa shape index (κ3) is 2.44. The molecule has 20 heavy (non-hydrogen) atoms. The maximum absolute atomic E-state index is 8.92. The van der Waals surface area contributed by atoms with Gasteiger partial charge in [0.15, 0.2) is 0 Å². The van der Waals surface area contributed by atoms with Crippen LogP contribution in [0.25, 0.3) is 0 Å². The number of hydrogen-bond acceptors (Lipinski definition) is 4. The summed E-state index contributed by atoms with van der Waals surface area (Å²) >= 11 is 0. The van der Waals surface area contributed by atoms with Crippen molar-refractivity contribution in [3.63, 3.8) is 0 Å². The maximum atomic E-state index is 8.92. The van der Waals surface area contributed by atoms with E-state index in [0.29, 0.717) is 18.5 Å². The van der Waals surface area contributed by atoms with Crippen LogP contribution in [0.3, 0.4) is 0 Å². The van der Waals surface area contributed by atoms with Gasteiger partial charge in [0.2, 0.25) is 6.19 Å². The van der Waals surface area contributed by atoms with Crippen molar-refractivity contribution in [2.75, 3.05) is 13.2 Å². The van der Waals surface area contributed by atoms with E-state index in [1.54, 1.807) is 0 Å². The standard InChI is InChI=1S/C15H15BN2O2/c16-11-2-3-14-12(8-11)13(18-10-17)9-15(20-14)4-1-6-19-7-5-15/h2-3,8H,1,4-7,9H2. The second kappa shape index (κ2) is 5.30. The zero-order valence-corrected chi connectivity index (χ0v) is 11.3. The molecule has 1 atom stereocenters. The van der Waals surface area contributed by atoms with Crippen molar-refractivity contribution in [3.05, 3.63) is 23.8 Å². The van der Waals surface area contributed by atoms with E-state index < -0.39 is 0 Å².